The van der Waals surface area contributed by atoms with Crippen molar-refractivity contribution in [3.05, 3.63) is 52.8 Å². The number of carbonyl (C=O) groups excluding carboxylic acids is 1. The van der Waals surface area contributed by atoms with Crippen molar-refractivity contribution in [3.8, 4) is 0 Å². The minimum absolute atomic E-state index is 0.672. The molecule has 0 aliphatic rings. The van der Waals surface area contributed by atoms with Crippen molar-refractivity contribution in [2.75, 3.05) is 0 Å². The van der Waals surface area contributed by atoms with E-state index in [2.05, 4.69) is 24.2 Å². The van der Waals surface area contributed by atoms with Crippen LogP contribution in [-0.2, 0) is 13.5 Å². The van der Waals surface area contributed by atoms with Gasteiger partial charge in [-0.05, 0) is 18.1 Å². The molecule has 82 valence electrons. The van der Waals surface area contributed by atoms with Crippen LogP contribution in [0.4, 0.5) is 0 Å². The Morgan fingerprint density at radius 1 is 1.38 bits per heavy atom. The average molecular weight is 214 g/mol. The van der Waals surface area contributed by atoms with Gasteiger partial charge >= 0.3 is 0 Å². The van der Waals surface area contributed by atoms with Crippen molar-refractivity contribution in [2.45, 2.75) is 13.3 Å². The van der Waals surface area contributed by atoms with Gasteiger partial charge in [-0.3, -0.25) is 9.48 Å². The first-order chi connectivity index (χ1) is 7.70. The van der Waals surface area contributed by atoms with Gasteiger partial charge in [0.05, 0.1) is 11.3 Å². The second-order valence-corrected chi connectivity index (χ2v) is 3.93. The van der Waals surface area contributed by atoms with E-state index in [1.54, 1.807) is 10.9 Å². The van der Waals surface area contributed by atoms with Gasteiger partial charge in [0.1, 0.15) is 0 Å². The number of hydrogen-bond acceptors (Lipinski definition) is 2. The number of nitrogens with zero attached hydrogens (tertiary/aromatic N) is 2. The molecule has 0 N–H and O–H groups in total. The molecule has 0 atom stereocenters. The molecule has 3 nitrogen and oxygen atoms in total. The van der Waals surface area contributed by atoms with Gasteiger partial charge in [0.2, 0.25) is 0 Å². The predicted molar refractivity (Wildman–Crippen MR) is 62.6 cm³/mol. The zero-order chi connectivity index (χ0) is 11.5. The molecule has 2 rings (SSSR count). The molecule has 0 aliphatic heterocycles. The molecule has 0 fully saturated rings. The second-order valence-electron chi connectivity index (χ2n) is 3.93. The summed E-state index contributed by atoms with van der Waals surface area (Å²) in [4.78, 5) is 10.9. The normalized spacial score (nSPS) is 10.4. The summed E-state index contributed by atoms with van der Waals surface area (Å²) < 4.78 is 1.68. The van der Waals surface area contributed by atoms with Crippen molar-refractivity contribution < 1.29 is 4.79 Å². The summed E-state index contributed by atoms with van der Waals surface area (Å²) in [6.45, 7) is 2.07. The van der Waals surface area contributed by atoms with E-state index in [-0.39, 0.29) is 0 Å². The molecule has 0 spiro atoms. The summed E-state index contributed by atoms with van der Waals surface area (Å²) in [5.41, 5.74) is 3.95. The van der Waals surface area contributed by atoms with Crippen LogP contribution in [0.15, 0.2) is 30.5 Å². The molecule has 1 aromatic heterocycles. The zero-order valence-electron chi connectivity index (χ0n) is 9.47. The van der Waals surface area contributed by atoms with E-state index in [1.165, 1.54) is 11.1 Å². The number of hydrogen-bond donors (Lipinski definition) is 0. The quantitative estimate of drug-likeness (QED) is 0.734. The van der Waals surface area contributed by atoms with E-state index in [4.69, 9.17) is 0 Å². The molecule has 16 heavy (non-hydrogen) atoms. The largest absolute Gasteiger partial charge is 0.298 e. The molecule has 1 aromatic carbocycles. The molecule has 0 saturated carbocycles. The maximum absolute atomic E-state index is 10.9. The fourth-order valence-electron chi connectivity index (χ4n) is 1.78. The first-order valence-corrected chi connectivity index (χ1v) is 5.23. The van der Waals surface area contributed by atoms with Crippen LogP contribution in [0.5, 0.6) is 0 Å². The summed E-state index contributed by atoms with van der Waals surface area (Å²) in [6, 6.07) is 8.15. The summed E-state index contributed by atoms with van der Waals surface area (Å²) in [5.74, 6) is 0. The molecule has 0 unspecified atom stereocenters. The third kappa shape index (κ3) is 2.03. The van der Waals surface area contributed by atoms with Crippen LogP contribution < -0.4 is 0 Å². The molecule has 0 amide bonds. The first kappa shape index (κ1) is 10.6. The highest BCUT2D eigenvalue weighted by Gasteiger charge is 2.08. The van der Waals surface area contributed by atoms with Gasteiger partial charge in [-0.1, -0.05) is 24.3 Å². The first-order valence-electron chi connectivity index (χ1n) is 5.23. The van der Waals surface area contributed by atoms with Gasteiger partial charge in [0.25, 0.3) is 0 Å². The third-order valence-electron chi connectivity index (χ3n) is 2.68. The summed E-state index contributed by atoms with van der Waals surface area (Å²) in [7, 11) is 1.83. The van der Waals surface area contributed by atoms with Crippen LogP contribution in [0.2, 0.25) is 0 Å². The molecule has 2 aromatic rings. The van der Waals surface area contributed by atoms with Crippen molar-refractivity contribution in [2.24, 2.45) is 7.05 Å². The molecule has 0 saturated heterocycles. The lowest BCUT2D eigenvalue weighted by Crippen LogP contribution is -1.96. The fourth-order valence-corrected chi connectivity index (χ4v) is 1.78. The van der Waals surface area contributed by atoms with Crippen LogP contribution >= 0.6 is 0 Å². The number of aryl methyl sites for hydroxylation is 2. The van der Waals surface area contributed by atoms with Crippen LogP contribution in [0, 0.1) is 6.92 Å². The van der Waals surface area contributed by atoms with E-state index < -0.39 is 0 Å². The Bertz CT molecular complexity index is 514. The minimum atomic E-state index is 0.672. The molecule has 0 aliphatic carbocycles. The van der Waals surface area contributed by atoms with Gasteiger partial charge in [-0.25, -0.2) is 0 Å². The lowest BCUT2D eigenvalue weighted by molar-refractivity contribution is 0.112. The van der Waals surface area contributed by atoms with E-state index in [9.17, 15) is 4.79 Å². The van der Waals surface area contributed by atoms with Gasteiger partial charge in [0, 0.05) is 19.7 Å². The van der Waals surface area contributed by atoms with E-state index in [0.717, 1.165) is 12.0 Å². The highest BCUT2D eigenvalue weighted by Crippen LogP contribution is 2.14. The molecule has 0 radical (unpaired) electrons. The lowest BCUT2D eigenvalue weighted by atomic mass is 10.0. The maximum Gasteiger partial charge on any atom is 0.153 e. The Morgan fingerprint density at radius 2 is 2.12 bits per heavy atom. The number of benzene rings is 1. The number of aldehydes is 1. The average Bonchev–Trinajstić information content (AvgIpc) is 2.62. The highest BCUT2D eigenvalue weighted by atomic mass is 16.1. The van der Waals surface area contributed by atoms with Crippen molar-refractivity contribution in [3.63, 3.8) is 0 Å². The van der Waals surface area contributed by atoms with E-state index in [0.29, 0.717) is 12.0 Å². The highest BCUT2D eigenvalue weighted by molar-refractivity contribution is 5.76. The SMILES string of the molecule is Cc1ccccc1Cc1nn(C)cc1C=O. The molecular weight excluding hydrogens is 200 g/mol. The Labute approximate surface area is 94.7 Å². The lowest BCUT2D eigenvalue weighted by Gasteiger charge is -2.03. The van der Waals surface area contributed by atoms with Gasteiger partial charge in [0.15, 0.2) is 6.29 Å². The smallest absolute Gasteiger partial charge is 0.153 e. The van der Waals surface area contributed by atoms with Gasteiger partial charge in [-0.2, -0.15) is 5.10 Å². The number of aromatic nitrogens is 2. The topological polar surface area (TPSA) is 34.9 Å². The monoisotopic (exact) mass is 214 g/mol. The van der Waals surface area contributed by atoms with Crippen molar-refractivity contribution in [1.82, 2.24) is 9.78 Å². The Hall–Kier alpha value is -1.90. The fraction of sp³-hybridized carbons (Fsp3) is 0.231. The van der Waals surface area contributed by atoms with Crippen LogP contribution in [-0.4, -0.2) is 16.1 Å². The summed E-state index contributed by atoms with van der Waals surface area (Å²) in [6.07, 6.45) is 3.32. The molecule has 0 bridgehead atoms. The number of carbonyl (C=O) groups is 1. The maximum atomic E-state index is 10.9. The summed E-state index contributed by atoms with van der Waals surface area (Å²) >= 11 is 0. The zero-order valence-corrected chi connectivity index (χ0v) is 9.47. The van der Waals surface area contributed by atoms with E-state index in [1.807, 2.05) is 19.2 Å². The van der Waals surface area contributed by atoms with Gasteiger partial charge < -0.3 is 0 Å². The number of rotatable bonds is 3. The third-order valence-corrected chi connectivity index (χ3v) is 2.68. The molecule has 1 heterocycles. The molecular formula is C13H14N2O. The Morgan fingerprint density at radius 3 is 2.81 bits per heavy atom. The standard InChI is InChI=1S/C13H14N2O/c1-10-5-3-4-6-11(10)7-13-12(9-16)8-15(2)14-13/h3-6,8-9H,7H2,1-2H3. The summed E-state index contributed by atoms with van der Waals surface area (Å²) in [5, 5.41) is 4.30. The Balaban J connectivity index is 2.33. The van der Waals surface area contributed by atoms with Crippen LogP contribution in [0.1, 0.15) is 27.2 Å². The van der Waals surface area contributed by atoms with Crippen LogP contribution in [0.25, 0.3) is 0 Å². The predicted octanol–water partition coefficient (Wildman–Crippen LogP) is 2.13. The van der Waals surface area contributed by atoms with Gasteiger partial charge in [-0.15, -0.1) is 0 Å². The molecule has 3 heteroatoms. The van der Waals surface area contributed by atoms with Crippen molar-refractivity contribution in [1.29, 1.82) is 0 Å². The Kier molecular flexibility index (Phi) is 2.86. The van der Waals surface area contributed by atoms with Crippen molar-refractivity contribution >= 4 is 6.29 Å². The second kappa shape index (κ2) is 4.31. The van der Waals surface area contributed by atoms with E-state index >= 15 is 0 Å². The minimum Gasteiger partial charge on any atom is -0.298 e. The van der Waals surface area contributed by atoms with Crippen LogP contribution in [0.3, 0.4) is 0 Å².